The summed E-state index contributed by atoms with van der Waals surface area (Å²) < 4.78 is 5.03. The normalized spacial score (nSPS) is 17.5. The molecule has 1 fully saturated rings. The third kappa shape index (κ3) is 6.04. The highest BCUT2D eigenvalue weighted by atomic mass is 16.5. The molecule has 1 aliphatic rings. The molecule has 0 aliphatic carbocycles. The summed E-state index contributed by atoms with van der Waals surface area (Å²) in [5.41, 5.74) is -0.439. The predicted octanol–water partition coefficient (Wildman–Crippen LogP) is 1.81. The van der Waals surface area contributed by atoms with Gasteiger partial charge in [0.25, 0.3) is 0 Å². The smallest absolute Gasteiger partial charge is 0.319 e. The van der Waals surface area contributed by atoms with E-state index < -0.39 is 17.3 Å². The Morgan fingerprint density at radius 2 is 1.86 bits per heavy atom. The number of nitrogens with one attached hydrogen (secondary N) is 1. The van der Waals surface area contributed by atoms with Crippen LogP contribution in [0.15, 0.2) is 0 Å². The molecule has 21 heavy (non-hydrogen) atoms. The van der Waals surface area contributed by atoms with Crippen LogP contribution >= 0.6 is 0 Å². The Morgan fingerprint density at radius 3 is 2.38 bits per heavy atom. The van der Waals surface area contributed by atoms with Gasteiger partial charge in [-0.2, -0.15) is 0 Å². The van der Waals surface area contributed by atoms with Crippen molar-refractivity contribution >= 4 is 11.9 Å². The van der Waals surface area contributed by atoms with Gasteiger partial charge in [-0.3, -0.25) is 9.59 Å². The number of carbonyl (C=O) groups is 2. The van der Waals surface area contributed by atoms with Crippen LogP contribution in [-0.2, 0) is 14.3 Å². The molecule has 1 aliphatic heterocycles. The maximum absolute atomic E-state index is 12.3. The van der Waals surface area contributed by atoms with Gasteiger partial charge in [-0.1, -0.05) is 20.8 Å². The Bertz CT molecular complexity index is 344. The largest absolute Gasteiger partial charge is 0.465 e. The number of ether oxygens (including phenoxy) is 1. The van der Waals surface area contributed by atoms with Gasteiger partial charge in [0, 0.05) is 6.54 Å². The number of amides is 1. The van der Waals surface area contributed by atoms with Crippen LogP contribution in [0.4, 0.5) is 0 Å². The van der Waals surface area contributed by atoms with Crippen LogP contribution in [0.5, 0.6) is 0 Å². The van der Waals surface area contributed by atoms with Crippen molar-refractivity contribution < 1.29 is 14.3 Å². The average Bonchev–Trinajstić information content (AvgIpc) is 2.86. The number of nitrogens with zero attached hydrogens (tertiary/aromatic N) is 1. The quantitative estimate of drug-likeness (QED) is 0.442. The number of rotatable bonds is 7. The second-order valence-electron chi connectivity index (χ2n) is 6.74. The minimum atomic E-state index is -0.746. The fourth-order valence-corrected chi connectivity index (χ4v) is 2.70. The van der Waals surface area contributed by atoms with Crippen molar-refractivity contribution in [1.82, 2.24) is 10.2 Å². The van der Waals surface area contributed by atoms with Crippen molar-refractivity contribution in [3.63, 3.8) is 0 Å². The molecule has 0 aromatic carbocycles. The van der Waals surface area contributed by atoms with Gasteiger partial charge >= 0.3 is 5.97 Å². The van der Waals surface area contributed by atoms with Crippen molar-refractivity contribution in [3.05, 3.63) is 0 Å². The molecule has 122 valence electrons. The van der Waals surface area contributed by atoms with Crippen LogP contribution in [-0.4, -0.2) is 49.6 Å². The molecule has 0 aromatic heterocycles. The minimum Gasteiger partial charge on any atom is -0.465 e. The van der Waals surface area contributed by atoms with Crippen LogP contribution in [0, 0.1) is 11.3 Å². The van der Waals surface area contributed by atoms with E-state index >= 15 is 0 Å². The van der Waals surface area contributed by atoms with Gasteiger partial charge in [0.05, 0.1) is 6.61 Å². The fraction of sp³-hybridized carbons (Fsp3) is 0.875. The van der Waals surface area contributed by atoms with E-state index in [2.05, 4.69) is 10.2 Å². The van der Waals surface area contributed by atoms with Crippen molar-refractivity contribution in [3.8, 4) is 0 Å². The van der Waals surface area contributed by atoms with Gasteiger partial charge in [-0.15, -0.1) is 0 Å². The summed E-state index contributed by atoms with van der Waals surface area (Å²) in [6, 6.07) is 0. The lowest BCUT2D eigenvalue weighted by Gasteiger charge is -2.27. The van der Waals surface area contributed by atoms with Gasteiger partial charge in [0.15, 0.2) is 0 Å². The Hall–Kier alpha value is -1.10. The SMILES string of the molecule is CCOC(=O)C(C(=O)NCCCN1CCCC1)C(C)(C)C. The summed E-state index contributed by atoms with van der Waals surface area (Å²) in [6.07, 6.45) is 3.48. The second kappa shape index (κ2) is 8.37. The first-order chi connectivity index (χ1) is 9.86. The van der Waals surface area contributed by atoms with Crippen LogP contribution in [0.25, 0.3) is 0 Å². The Balaban J connectivity index is 2.39. The second-order valence-corrected chi connectivity index (χ2v) is 6.74. The lowest BCUT2D eigenvalue weighted by Crippen LogP contribution is -2.44. The van der Waals surface area contributed by atoms with Gasteiger partial charge < -0.3 is 15.0 Å². The van der Waals surface area contributed by atoms with Gasteiger partial charge in [-0.05, 0) is 51.2 Å². The van der Waals surface area contributed by atoms with E-state index in [9.17, 15) is 9.59 Å². The molecule has 5 nitrogen and oxygen atoms in total. The minimum absolute atomic E-state index is 0.220. The first-order valence-corrected chi connectivity index (χ1v) is 8.03. The van der Waals surface area contributed by atoms with E-state index in [0.29, 0.717) is 13.2 Å². The monoisotopic (exact) mass is 298 g/mol. The molecular formula is C16H30N2O3. The lowest BCUT2D eigenvalue weighted by atomic mass is 9.80. The van der Waals surface area contributed by atoms with Gasteiger partial charge in [-0.25, -0.2) is 0 Å². The summed E-state index contributed by atoms with van der Waals surface area (Å²) in [5, 5.41) is 2.89. The van der Waals surface area contributed by atoms with E-state index in [4.69, 9.17) is 4.74 Å². The summed E-state index contributed by atoms with van der Waals surface area (Å²) in [4.78, 5) is 26.7. The van der Waals surface area contributed by atoms with Gasteiger partial charge in [0.2, 0.25) is 5.91 Å². The molecule has 1 saturated heterocycles. The summed E-state index contributed by atoms with van der Waals surface area (Å²) in [6.45, 7) is 11.7. The van der Waals surface area contributed by atoms with Crippen LogP contribution in [0.1, 0.15) is 47.0 Å². The first kappa shape index (κ1) is 18.0. The zero-order chi connectivity index (χ0) is 15.9. The molecule has 0 radical (unpaired) electrons. The van der Waals surface area contributed by atoms with Crippen molar-refractivity contribution in [1.29, 1.82) is 0 Å². The lowest BCUT2D eigenvalue weighted by molar-refractivity contribution is -0.156. The van der Waals surface area contributed by atoms with Gasteiger partial charge in [0.1, 0.15) is 5.92 Å². The van der Waals surface area contributed by atoms with E-state index in [1.54, 1.807) is 6.92 Å². The molecule has 0 spiro atoms. The summed E-state index contributed by atoms with van der Waals surface area (Å²) in [5.74, 6) is -1.39. The summed E-state index contributed by atoms with van der Waals surface area (Å²) >= 11 is 0. The number of hydrogen-bond donors (Lipinski definition) is 1. The first-order valence-electron chi connectivity index (χ1n) is 8.03. The molecule has 1 unspecified atom stereocenters. The third-order valence-corrected chi connectivity index (χ3v) is 3.80. The highest BCUT2D eigenvalue weighted by Gasteiger charge is 2.38. The van der Waals surface area contributed by atoms with Crippen molar-refractivity contribution in [2.24, 2.45) is 11.3 Å². The van der Waals surface area contributed by atoms with E-state index in [-0.39, 0.29) is 5.91 Å². The zero-order valence-electron chi connectivity index (χ0n) is 13.9. The molecule has 1 rings (SSSR count). The fourth-order valence-electron chi connectivity index (χ4n) is 2.70. The molecule has 0 aromatic rings. The average molecular weight is 298 g/mol. The summed E-state index contributed by atoms with van der Waals surface area (Å²) in [7, 11) is 0. The number of hydrogen-bond acceptors (Lipinski definition) is 4. The number of likely N-dealkylation sites (tertiary alicyclic amines) is 1. The molecule has 1 atom stereocenters. The maximum atomic E-state index is 12.3. The highest BCUT2D eigenvalue weighted by Crippen LogP contribution is 2.27. The number of esters is 1. The maximum Gasteiger partial charge on any atom is 0.319 e. The predicted molar refractivity (Wildman–Crippen MR) is 82.9 cm³/mol. The van der Waals surface area contributed by atoms with E-state index in [1.807, 2.05) is 20.8 Å². The molecular weight excluding hydrogens is 268 g/mol. The van der Waals surface area contributed by atoms with Crippen LogP contribution in [0.2, 0.25) is 0 Å². The Labute approximate surface area is 128 Å². The molecule has 1 amide bonds. The third-order valence-electron chi connectivity index (χ3n) is 3.80. The number of carbonyl (C=O) groups excluding carboxylic acids is 2. The molecule has 1 heterocycles. The zero-order valence-corrected chi connectivity index (χ0v) is 13.9. The van der Waals surface area contributed by atoms with Crippen LogP contribution in [0.3, 0.4) is 0 Å². The molecule has 1 N–H and O–H groups in total. The van der Waals surface area contributed by atoms with Crippen molar-refractivity contribution in [2.45, 2.75) is 47.0 Å². The van der Waals surface area contributed by atoms with Crippen molar-refractivity contribution in [2.75, 3.05) is 32.8 Å². The van der Waals surface area contributed by atoms with E-state index in [0.717, 1.165) is 13.0 Å². The van der Waals surface area contributed by atoms with E-state index in [1.165, 1.54) is 25.9 Å². The topological polar surface area (TPSA) is 58.6 Å². The Morgan fingerprint density at radius 1 is 1.24 bits per heavy atom. The standard InChI is InChI=1S/C16H30N2O3/c1-5-21-15(20)13(16(2,3)4)14(19)17-9-8-12-18-10-6-7-11-18/h13H,5-12H2,1-4H3,(H,17,19). The molecule has 0 saturated carbocycles. The molecule has 5 heteroatoms. The van der Waals surface area contributed by atoms with Crippen LogP contribution < -0.4 is 5.32 Å². The Kier molecular flexibility index (Phi) is 7.15. The highest BCUT2D eigenvalue weighted by molar-refractivity contribution is 5.98. The molecule has 0 bridgehead atoms.